The van der Waals surface area contributed by atoms with E-state index in [4.69, 9.17) is 9.15 Å². The van der Waals surface area contributed by atoms with Crippen LogP contribution in [0.3, 0.4) is 0 Å². The maximum Gasteiger partial charge on any atom is 0.248 e. The van der Waals surface area contributed by atoms with Crippen LogP contribution in [0.5, 0.6) is 5.75 Å². The number of benzene rings is 2. The summed E-state index contributed by atoms with van der Waals surface area (Å²) in [4.78, 5) is 0.297. The largest absolute Gasteiger partial charge is 0.497 e. The second-order valence-corrected chi connectivity index (χ2v) is 9.35. The van der Waals surface area contributed by atoms with Gasteiger partial charge in [0.2, 0.25) is 21.8 Å². The molecule has 4 rings (SSSR count). The van der Waals surface area contributed by atoms with Crippen molar-refractivity contribution >= 4 is 10.0 Å². The molecule has 0 amide bonds. The smallest absolute Gasteiger partial charge is 0.248 e. The molecule has 0 unspecified atom stereocenters. The fourth-order valence-electron chi connectivity index (χ4n) is 3.62. The molecule has 0 bridgehead atoms. The monoisotopic (exact) mass is 427 g/mol. The summed E-state index contributed by atoms with van der Waals surface area (Å²) in [6.07, 6.45) is 3.93. The molecule has 0 radical (unpaired) electrons. The van der Waals surface area contributed by atoms with Crippen molar-refractivity contribution in [3.8, 4) is 28.7 Å². The second kappa shape index (κ2) is 8.57. The topological polar surface area (TPSA) is 85.5 Å². The van der Waals surface area contributed by atoms with Gasteiger partial charge in [0.1, 0.15) is 5.75 Å². The van der Waals surface area contributed by atoms with Crippen molar-refractivity contribution in [1.29, 1.82) is 0 Å². The van der Waals surface area contributed by atoms with E-state index in [1.165, 1.54) is 0 Å². The number of hydrogen-bond acceptors (Lipinski definition) is 6. The van der Waals surface area contributed by atoms with E-state index in [1.807, 2.05) is 37.3 Å². The first-order valence-electron chi connectivity index (χ1n) is 10.1. The predicted molar refractivity (Wildman–Crippen MR) is 114 cm³/mol. The van der Waals surface area contributed by atoms with Crippen molar-refractivity contribution in [3.63, 3.8) is 0 Å². The highest BCUT2D eigenvalue weighted by atomic mass is 32.2. The van der Waals surface area contributed by atoms with Crippen molar-refractivity contribution in [2.45, 2.75) is 37.5 Å². The summed E-state index contributed by atoms with van der Waals surface area (Å²) < 4.78 is 39.2. The number of rotatable bonds is 5. The predicted octanol–water partition coefficient (Wildman–Crippen LogP) is 4.29. The van der Waals surface area contributed by atoms with Crippen LogP contribution in [0.15, 0.2) is 51.8 Å². The van der Waals surface area contributed by atoms with Crippen LogP contribution in [0.2, 0.25) is 0 Å². The molecule has 3 aromatic rings. The lowest BCUT2D eigenvalue weighted by molar-refractivity contribution is 0.415. The van der Waals surface area contributed by atoms with Crippen LogP contribution >= 0.6 is 0 Å². The highest BCUT2D eigenvalue weighted by Crippen LogP contribution is 2.30. The molecule has 0 saturated carbocycles. The van der Waals surface area contributed by atoms with Gasteiger partial charge >= 0.3 is 0 Å². The van der Waals surface area contributed by atoms with Gasteiger partial charge in [-0.05, 0) is 61.7 Å². The molecule has 0 N–H and O–H groups in total. The molecule has 1 aliphatic heterocycles. The molecule has 0 aliphatic carbocycles. The molecule has 1 fully saturated rings. The Hall–Kier alpha value is -2.71. The van der Waals surface area contributed by atoms with Gasteiger partial charge in [-0.25, -0.2) is 8.42 Å². The van der Waals surface area contributed by atoms with Gasteiger partial charge < -0.3 is 9.15 Å². The van der Waals surface area contributed by atoms with E-state index in [0.29, 0.717) is 35.0 Å². The summed E-state index contributed by atoms with van der Waals surface area (Å²) in [5.74, 6) is 1.39. The molecule has 0 atom stereocenters. The minimum atomic E-state index is -3.57. The summed E-state index contributed by atoms with van der Waals surface area (Å²) in [5.41, 5.74) is 2.05. The molecular weight excluding hydrogens is 402 g/mol. The van der Waals surface area contributed by atoms with Crippen LogP contribution in [0, 0.1) is 6.92 Å². The number of sulfonamides is 1. The minimum absolute atomic E-state index is 0.285. The first-order valence-corrected chi connectivity index (χ1v) is 11.5. The molecule has 30 heavy (non-hydrogen) atoms. The maximum atomic E-state index is 13.3. The average molecular weight is 428 g/mol. The van der Waals surface area contributed by atoms with E-state index in [0.717, 1.165) is 37.0 Å². The standard InChI is InChI=1S/C22H25N3O4S/c1-16-7-8-18(15-20(16)30(26,27)25-13-5-3-4-6-14-25)22-24-23-21(29-22)17-9-11-19(28-2)12-10-17/h7-12,15H,3-6,13-14H2,1-2H3. The molecule has 1 aliphatic rings. The SMILES string of the molecule is COc1ccc(-c2nnc(-c3ccc(C)c(S(=O)(=O)N4CCCCCC4)c3)o2)cc1. The van der Waals surface area contributed by atoms with Gasteiger partial charge in [0.25, 0.3) is 0 Å². The number of nitrogens with zero attached hydrogens (tertiary/aromatic N) is 3. The number of hydrogen-bond donors (Lipinski definition) is 0. The molecule has 1 aromatic heterocycles. The zero-order valence-electron chi connectivity index (χ0n) is 17.2. The van der Waals surface area contributed by atoms with Crippen molar-refractivity contribution in [3.05, 3.63) is 48.0 Å². The van der Waals surface area contributed by atoms with Crippen LogP contribution in [0.1, 0.15) is 31.2 Å². The zero-order valence-corrected chi connectivity index (χ0v) is 18.0. The summed E-state index contributed by atoms with van der Waals surface area (Å²) >= 11 is 0. The van der Waals surface area contributed by atoms with Crippen LogP contribution in [0.4, 0.5) is 0 Å². The van der Waals surface area contributed by atoms with Crippen LogP contribution in [-0.2, 0) is 10.0 Å². The lowest BCUT2D eigenvalue weighted by Crippen LogP contribution is -2.32. The van der Waals surface area contributed by atoms with E-state index in [9.17, 15) is 8.42 Å². The Morgan fingerprint density at radius 1 is 0.900 bits per heavy atom. The molecule has 1 saturated heterocycles. The summed E-state index contributed by atoms with van der Waals surface area (Å²) in [6.45, 7) is 2.94. The van der Waals surface area contributed by atoms with E-state index in [1.54, 1.807) is 23.5 Å². The highest BCUT2D eigenvalue weighted by molar-refractivity contribution is 7.89. The van der Waals surface area contributed by atoms with Gasteiger partial charge in [-0.1, -0.05) is 18.9 Å². The molecule has 2 heterocycles. The highest BCUT2D eigenvalue weighted by Gasteiger charge is 2.27. The third kappa shape index (κ3) is 4.11. The fourth-order valence-corrected chi connectivity index (χ4v) is 5.39. The Kier molecular flexibility index (Phi) is 5.87. The van der Waals surface area contributed by atoms with Crippen LogP contribution in [0.25, 0.3) is 22.9 Å². The number of ether oxygens (including phenoxy) is 1. The van der Waals surface area contributed by atoms with Crippen molar-refractivity contribution in [1.82, 2.24) is 14.5 Å². The van der Waals surface area contributed by atoms with Gasteiger partial charge in [0.15, 0.2) is 0 Å². The summed E-state index contributed by atoms with van der Waals surface area (Å²) in [7, 11) is -1.96. The lowest BCUT2D eigenvalue weighted by Gasteiger charge is -2.21. The zero-order chi connectivity index (χ0) is 21.1. The van der Waals surface area contributed by atoms with Crippen molar-refractivity contribution < 1.29 is 17.6 Å². The van der Waals surface area contributed by atoms with E-state index < -0.39 is 10.0 Å². The van der Waals surface area contributed by atoms with Gasteiger partial charge in [-0.15, -0.1) is 10.2 Å². The van der Waals surface area contributed by atoms with Gasteiger partial charge in [-0.3, -0.25) is 0 Å². The van der Waals surface area contributed by atoms with Crippen LogP contribution in [-0.4, -0.2) is 43.1 Å². The quantitative estimate of drug-likeness (QED) is 0.604. The summed E-state index contributed by atoms with van der Waals surface area (Å²) in [5, 5.41) is 8.25. The Bertz CT molecular complexity index is 1120. The normalized spacial score (nSPS) is 15.7. The molecular formula is C22H25N3O4S. The first kappa shape index (κ1) is 20.6. The Labute approximate surface area is 176 Å². The van der Waals surface area contributed by atoms with Gasteiger partial charge in [0, 0.05) is 24.2 Å². The Morgan fingerprint density at radius 2 is 1.50 bits per heavy atom. The molecule has 2 aromatic carbocycles. The minimum Gasteiger partial charge on any atom is -0.497 e. The van der Waals surface area contributed by atoms with Crippen LogP contribution < -0.4 is 4.74 Å². The summed E-state index contributed by atoms with van der Waals surface area (Å²) in [6, 6.07) is 12.5. The molecule has 7 nitrogen and oxygen atoms in total. The third-order valence-corrected chi connectivity index (χ3v) is 7.42. The molecule has 158 valence electrons. The molecule has 8 heteroatoms. The lowest BCUT2D eigenvalue weighted by atomic mass is 10.1. The van der Waals surface area contributed by atoms with E-state index >= 15 is 0 Å². The number of aromatic nitrogens is 2. The third-order valence-electron chi connectivity index (χ3n) is 5.38. The Balaban J connectivity index is 1.65. The first-order chi connectivity index (χ1) is 14.5. The van der Waals surface area contributed by atoms with Crippen molar-refractivity contribution in [2.75, 3.05) is 20.2 Å². The van der Waals surface area contributed by atoms with Gasteiger partial charge in [0.05, 0.1) is 12.0 Å². The van der Waals surface area contributed by atoms with E-state index in [2.05, 4.69) is 10.2 Å². The van der Waals surface area contributed by atoms with E-state index in [-0.39, 0.29) is 5.89 Å². The van der Waals surface area contributed by atoms with Gasteiger partial charge in [-0.2, -0.15) is 4.31 Å². The average Bonchev–Trinajstić information content (AvgIpc) is 3.08. The Morgan fingerprint density at radius 3 is 2.13 bits per heavy atom. The van der Waals surface area contributed by atoms with Crippen molar-refractivity contribution in [2.24, 2.45) is 0 Å². The number of aryl methyl sites for hydroxylation is 1. The fraction of sp³-hybridized carbons (Fsp3) is 0.364. The molecule has 0 spiro atoms. The maximum absolute atomic E-state index is 13.3. The second-order valence-electron chi connectivity index (χ2n) is 7.44. The number of methoxy groups -OCH3 is 1.